The molecule has 2 heterocycles. The quantitative estimate of drug-likeness (QED) is 0.904. The molecule has 1 N–H and O–H groups in total. The van der Waals surface area contributed by atoms with Crippen molar-refractivity contribution in [1.82, 2.24) is 14.9 Å². The topological polar surface area (TPSA) is 37.8 Å². The first kappa shape index (κ1) is 12.7. The standard InChI is InChI=1S/C12H17N3S2/c1-4-10-12(17-15-14-10)11(13-5-2)9-6-8(3)16-7-9/h6-7,11,13H,4-5H2,1-3H3. The van der Waals surface area contributed by atoms with Crippen molar-refractivity contribution in [2.45, 2.75) is 33.2 Å². The number of hydrogen-bond acceptors (Lipinski definition) is 5. The van der Waals surface area contributed by atoms with Crippen LogP contribution in [0.4, 0.5) is 0 Å². The molecule has 1 unspecified atom stereocenters. The van der Waals surface area contributed by atoms with E-state index in [2.05, 4.69) is 47.1 Å². The summed E-state index contributed by atoms with van der Waals surface area (Å²) in [5.41, 5.74) is 2.44. The van der Waals surface area contributed by atoms with Gasteiger partial charge in [-0.2, -0.15) is 0 Å². The molecule has 0 saturated heterocycles. The second-order valence-corrected chi connectivity index (χ2v) is 5.82. The lowest BCUT2D eigenvalue weighted by Gasteiger charge is -2.15. The summed E-state index contributed by atoms with van der Waals surface area (Å²) in [6.07, 6.45) is 0.941. The molecule has 0 aromatic carbocycles. The van der Waals surface area contributed by atoms with Gasteiger partial charge in [0.1, 0.15) is 0 Å². The summed E-state index contributed by atoms with van der Waals surface area (Å²) in [4.78, 5) is 2.60. The molecule has 0 radical (unpaired) electrons. The molecule has 0 aliphatic carbocycles. The minimum atomic E-state index is 0.250. The van der Waals surface area contributed by atoms with Crippen molar-refractivity contribution in [2.24, 2.45) is 0 Å². The van der Waals surface area contributed by atoms with E-state index in [0.717, 1.165) is 18.7 Å². The number of aryl methyl sites for hydroxylation is 2. The van der Waals surface area contributed by atoms with Gasteiger partial charge in [0, 0.05) is 4.88 Å². The molecule has 3 nitrogen and oxygen atoms in total. The largest absolute Gasteiger partial charge is 0.306 e. The highest BCUT2D eigenvalue weighted by Gasteiger charge is 2.20. The van der Waals surface area contributed by atoms with Gasteiger partial charge < -0.3 is 5.32 Å². The number of nitrogens with one attached hydrogen (secondary N) is 1. The minimum absolute atomic E-state index is 0.250. The Labute approximate surface area is 110 Å². The van der Waals surface area contributed by atoms with Gasteiger partial charge in [-0.15, -0.1) is 16.4 Å². The van der Waals surface area contributed by atoms with Crippen LogP contribution < -0.4 is 5.32 Å². The smallest absolute Gasteiger partial charge is 0.0804 e. The Morgan fingerprint density at radius 3 is 2.82 bits per heavy atom. The van der Waals surface area contributed by atoms with Crippen LogP contribution in [0.5, 0.6) is 0 Å². The van der Waals surface area contributed by atoms with Crippen molar-refractivity contribution in [3.05, 3.63) is 32.5 Å². The molecule has 17 heavy (non-hydrogen) atoms. The van der Waals surface area contributed by atoms with Gasteiger partial charge in [0.2, 0.25) is 0 Å². The van der Waals surface area contributed by atoms with Crippen LogP contribution in [0, 0.1) is 6.92 Å². The van der Waals surface area contributed by atoms with Crippen molar-refractivity contribution in [3.63, 3.8) is 0 Å². The molecule has 0 bridgehead atoms. The van der Waals surface area contributed by atoms with Gasteiger partial charge in [-0.1, -0.05) is 18.3 Å². The number of thiophene rings is 1. The summed E-state index contributed by atoms with van der Waals surface area (Å²) >= 11 is 3.30. The lowest BCUT2D eigenvalue weighted by molar-refractivity contribution is 0.634. The molecule has 2 rings (SSSR count). The second kappa shape index (κ2) is 5.71. The van der Waals surface area contributed by atoms with E-state index in [4.69, 9.17) is 0 Å². The van der Waals surface area contributed by atoms with E-state index in [0.29, 0.717) is 0 Å². The van der Waals surface area contributed by atoms with Gasteiger partial charge in [-0.3, -0.25) is 0 Å². The first-order valence-corrected chi connectivity index (χ1v) is 7.51. The lowest BCUT2D eigenvalue weighted by atomic mass is 10.1. The van der Waals surface area contributed by atoms with E-state index < -0.39 is 0 Å². The van der Waals surface area contributed by atoms with Gasteiger partial charge in [0.15, 0.2) is 0 Å². The van der Waals surface area contributed by atoms with E-state index in [-0.39, 0.29) is 6.04 Å². The SMILES string of the molecule is CCNC(c1csc(C)c1)c1snnc1CC. The van der Waals surface area contributed by atoms with Crippen molar-refractivity contribution in [3.8, 4) is 0 Å². The van der Waals surface area contributed by atoms with E-state index >= 15 is 0 Å². The zero-order chi connectivity index (χ0) is 12.3. The Balaban J connectivity index is 2.35. The molecule has 0 aliphatic heterocycles. The summed E-state index contributed by atoms with van der Waals surface area (Å²) in [7, 11) is 0. The molecule has 2 aromatic heterocycles. The molecular weight excluding hydrogens is 250 g/mol. The van der Waals surface area contributed by atoms with Crippen molar-refractivity contribution < 1.29 is 0 Å². The fourth-order valence-corrected chi connectivity index (χ4v) is 3.43. The summed E-state index contributed by atoms with van der Waals surface area (Å²) in [6.45, 7) is 7.35. The summed E-state index contributed by atoms with van der Waals surface area (Å²) in [6, 6.07) is 2.50. The Morgan fingerprint density at radius 2 is 2.24 bits per heavy atom. The van der Waals surface area contributed by atoms with E-state index in [1.807, 2.05) is 0 Å². The highest BCUT2D eigenvalue weighted by molar-refractivity contribution is 7.10. The van der Waals surface area contributed by atoms with E-state index in [9.17, 15) is 0 Å². The molecular formula is C12H17N3S2. The van der Waals surface area contributed by atoms with Gasteiger partial charge in [0.05, 0.1) is 16.6 Å². The number of nitrogens with zero attached hydrogens (tertiary/aromatic N) is 2. The molecule has 0 aliphatic rings. The third-order valence-electron chi connectivity index (χ3n) is 2.67. The summed E-state index contributed by atoms with van der Waals surface area (Å²) in [5, 5.41) is 9.95. The fourth-order valence-electron chi connectivity index (χ4n) is 1.86. The van der Waals surface area contributed by atoms with Crippen molar-refractivity contribution in [1.29, 1.82) is 0 Å². The van der Waals surface area contributed by atoms with Crippen LogP contribution in [0.1, 0.15) is 40.9 Å². The third kappa shape index (κ3) is 2.73. The molecule has 0 spiro atoms. The minimum Gasteiger partial charge on any atom is -0.306 e. The van der Waals surface area contributed by atoms with Crippen LogP contribution in [0.25, 0.3) is 0 Å². The van der Waals surface area contributed by atoms with Gasteiger partial charge in [0.25, 0.3) is 0 Å². The van der Waals surface area contributed by atoms with Crippen molar-refractivity contribution >= 4 is 22.9 Å². The summed E-state index contributed by atoms with van der Waals surface area (Å²) in [5.74, 6) is 0. The predicted molar refractivity (Wildman–Crippen MR) is 73.9 cm³/mol. The maximum atomic E-state index is 4.20. The Hall–Kier alpha value is -0.780. The molecule has 1 atom stereocenters. The van der Waals surface area contributed by atoms with E-state index in [1.54, 1.807) is 11.3 Å². The molecule has 92 valence electrons. The Bertz CT molecular complexity index is 476. The maximum absolute atomic E-state index is 4.20. The van der Waals surface area contributed by atoms with Crippen LogP contribution >= 0.6 is 22.9 Å². The monoisotopic (exact) mass is 267 g/mol. The first-order chi connectivity index (χ1) is 8.26. The van der Waals surface area contributed by atoms with Crippen LogP contribution in [-0.2, 0) is 6.42 Å². The average Bonchev–Trinajstić information content (AvgIpc) is 2.94. The molecule has 2 aromatic rings. The maximum Gasteiger partial charge on any atom is 0.0804 e. The number of hydrogen-bond donors (Lipinski definition) is 1. The molecule has 0 saturated carbocycles. The Morgan fingerprint density at radius 1 is 1.41 bits per heavy atom. The van der Waals surface area contributed by atoms with Crippen LogP contribution in [0.3, 0.4) is 0 Å². The molecule has 0 amide bonds. The average molecular weight is 267 g/mol. The van der Waals surface area contributed by atoms with Gasteiger partial charge in [-0.05, 0) is 48.4 Å². The second-order valence-electron chi connectivity index (χ2n) is 3.92. The fraction of sp³-hybridized carbons (Fsp3) is 0.500. The zero-order valence-corrected chi connectivity index (χ0v) is 12.0. The van der Waals surface area contributed by atoms with Crippen LogP contribution in [0.15, 0.2) is 11.4 Å². The molecule has 0 fully saturated rings. The lowest BCUT2D eigenvalue weighted by Crippen LogP contribution is -2.21. The number of aromatic nitrogens is 2. The number of rotatable bonds is 5. The van der Waals surface area contributed by atoms with Gasteiger partial charge in [-0.25, -0.2) is 0 Å². The highest BCUT2D eigenvalue weighted by atomic mass is 32.1. The van der Waals surface area contributed by atoms with E-state index in [1.165, 1.54) is 26.9 Å². The predicted octanol–water partition coefficient (Wildman–Crippen LogP) is 3.17. The van der Waals surface area contributed by atoms with Crippen LogP contribution in [-0.4, -0.2) is 16.1 Å². The van der Waals surface area contributed by atoms with Gasteiger partial charge >= 0.3 is 0 Å². The first-order valence-electron chi connectivity index (χ1n) is 5.85. The third-order valence-corrected chi connectivity index (χ3v) is 4.39. The van der Waals surface area contributed by atoms with Crippen LogP contribution in [0.2, 0.25) is 0 Å². The molecule has 5 heteroatoms. The highest BCUT2D eigenvalue weighted by Crippen LogP contribution is 2.30. The zero-order valence-electron chi connectivity index (χ0n) is 10.4. The Kier molecular flexibility index (Phi) is 4.25. The van der Waals surface area contributed by atoms with Crippen molar-refractivity contribution in [2.75, 3.05) is 6.54 Å². The summed E-state index contributed by atoms with van der Waals surface area (Å²) < 4.78 is 4.08. The normalized spacial score (nSPS) is 12.9.